The Kier molecular flexibility index (Phi) is 3.40. The molecule has 1 aliphatic carbocycles. The van der Waals surface area contributed by atoms with Crippen molar-refractivity contribution in [1.29, 1.82) is 0 Å². The molecule has 0 radical (unpaired) electrons. The van der Waals surface area contributed by atoms with E-state index in [1.54, 1.807) is 0 Å². The number of hydrogen-bond donors (Lipinski definition) is 0. The third-order valence-corrected chi connectivity index (χ3v) is 2.39. The van der Waals surface area contributed by atoms with E-state index in [1.807, 2.05) is 19.9 Å². The Labute approximate surface area is 79.0 Å². The Hall–Kier alpha value is -0.920. The summed E-state index contributed by atoms with van der Waals surface area (Å²) in [5.74, 6) is -0.0637. The molecule has 72 valence electrons. The Morgan fingerprint density at radius 3 is 2.31 bits per heavy atom. The number of rotatable bonds is 2. The average Bonchev–Trinajstić information content (AvgIpc) is 2.03. The minimum Gasteiger partial charge on any atom is -0.299 e. The maximum absolute atomic E-state index is 11.4. The van der Waals surface area contributed by atoms with Gasteiger partial charge in [-0.1, -0.05) is 11.6 Å². The van der Waals surface area contributed by atoms with Crippen LogP contribution in [0.1, 0.15) is 39.5 Å². The smallest absolute Gasteiger partial charge is 0.143 e. The molecule has 0 saturated heterocycles. The second-order valence-corrected chi connectivity index (χ2v) is 3.86. The minimum atomic E-state index is -0.330. The van der Waals surface area contributed by atoms with Crippen molar-refractivity contribution in [3.05, 3.63) is 11.6 Å². The van der Waals surface area contributed by atoms with Crippen LogP contribution in [0.2, 0.25) is 0 Å². The maximum Gasteiger partial charge on any atom is 0.143 e. The van der Waals surface area contributed by atoms with Crippen molar-refractivity contribution in [1.82, 2.24) is 0 Å². The van der Waals surface area contributed by atoms with E-state index in [-0.39, 0.29) is 17.5 Å². The standard InChI is InChI=1S/C11H16O2/c1-8(2)6-7-9-10(12)4-3-5-11(9)13/h6,9H,3-5,7H2,1-2H3. The summed E-state index contributed by atoms with van der Waals surface area (Å²) in [5.41, 5.74) is 1.17. The van der Waals surface area contributed by atoms with Gasteiger partial charge in [0.15, 0.2) is 0 Å². The van der Waals surface area contributed by atoms with E-state index in [9.17, 15) is 9.59 Å². The van der Waals surface area contributed by atoms with Crippen LogP contribution in [-0.2, 0) is 9.59 Å². The quantitative estimate of drug-likeness (QED) is 0.482. The van der Waals surface area contributed by atoms with Gasteiger partial charge >= 0.3 is 0 Å². The second-order valence-electron chi connectivity index (χ2n) is 3.86. The van der Waals surface area contributed by atoms with E-state index < -0.39 is 0 Å². The lowest BCUT2D eigenvalue weighted by Crippen LogP contribution is -2.27. The Morgan fingerprint density at radius 2 is 1.85 bits per heavy atom. The lowest BCUT2D eigenvalue weighted by atomic mass is 9.84. The molecular weight excluding hydrogens is 164 g/mol. The third-order valence-electron chi connectivity index (χ3n) is 2.39. The SMILES string of the molecule is CC(C)=CCC1C(=O)CCCC1=O. The molecule has 0 aromatic carbocycles. The van der Waals surface area contributed by atoms with Gasteiger partial charge < -0.3 is 0 Å². The first-order valence-electron chi connectivity index (χ1n) is 4.80. The van der Waals surface area contributed by atoms with Crippen LogP contribution in [0, 0.1) is 5.92 Å². The van der Waals surface area contributed by atoms with E-state index in [4.69, 9.17) is 0 Å². The molecule has 13 heavy (non-hydrogen) atoms. The Bertz CT molecular complexity index is 231. The molecule has 0 aromatic heterocycles. The minimum absolute atomic E-state index is 0.133. The Balaban J connectivity index is 2.59. The number of allylic oxidation sites excluding steroid dienone is 2. The molecule has 1 fully saturated rings. The van der Waals surface area contributed by atoms with Crippen LogP contribution in [0.5, 0.6) is 0 Å². The van der Waals surface area contributed by atoms with E-state index in [0.717, 1.165) is 6.42 Å². The monoisotopic (exact) mass is 180 g/mol. The molecule has 0 aromatic rings. The highest BCUT2D eigenvalue weighted by Gasteiger charge is 2.28. The summed E-state index contributed by atoms with van der Waals surface area (Å²) in [6, 6.07) is 0. The topological polar surface area (TPSA) is 34.1 Å². The van der Waals surface area contributed by atoms with Crippen molar-refractivity contribution in [2.24, 2.45) is 5.92 Å². The van der Waals surface area contributed by atoms with E-state index in [2.05, 4.69) is 0 Å². The van der Waals surface area contributed by atoms with Crippen molar-refractivity contribution >= 4 is 11.6 Å². The number of carbonyl (C=O) groups excluding carboxylic acids is 2. The molecule has 0 atom stereocenters. The van der Waals surface area contributed by atoms with Crippen molar-refractivity contribution in [3.8, 4) is 0 Å². The summed E-state index contributed by atoms with van der Waals surface area (Å²) in [6.07, 6.45) is 4.52. The summed E-state index contributed by atoms with van der Waals surface area (Å²) >= 11 is 0. The van der Waals surface area contributed by atoms with Gasteiger partial charge in [-0.15, -0.1) is 0 Å². The summed E-state index contributed by atoms with van der Waals surface area (Å²) < 4.78 is 0. The Morgan fingerprint density at radius 1 is 1.31 bits per heavy atom. The fraction of sp³-hybridized carbons (Fsp3) is 0.636. The second kappa shape index (κ2) is 4.35. The molecule has 0 heterocycles. The van der Waals surface area contributed by atoms with Gasteiger partial charge in [-0.05, 0) is 26.7 Å². The van der Waals surface area contributed by atoms with Gasteiger partial charge in [-0.2, -0.15) is 0 Å². The molecule has 2 nitrogen and oxygen atoms in total. The summed E-state index contributed by atoms with van der Waals surface area (Å²) in [5, 5.41) is 0. The summed E-state index contributed by atoms with van der Waals surface area (Å²) in [6.45, 7) is 3.97. The lowest BCUT2D eigenvalue weighted by Gasteiger charge is -2.17. The maximum atomic E-state index is 11.4. The fourth-order valence-corrected chi connectivity index (χ4v) is 1.58. The normalized spacial score (nSPS) is 18.9. The molecule has 0 spiro atoms. The van der Waals surface area contributed by atoms with Crippen molar-refractivity contribution < 1.29 is 9.59 Å². The molecule has 1 saturated carbocycles. The predicted molar refractivity (Wildman–Crippen MR) is 51.4 cm³/mol. The molecular formula is C11H16O2. The first-order chi connectivity index (χ1) is 6.11. The zero-order valence-corrected chi connectivity index (χ0v) is 8.30. The molecule has 0 N–H and O–H groups in total. The van der Waals surface area contributed by atoms with Crippen LogP contribution in [0.4, 0.5) is 0 Å². The summed E-state index contributed by atoms with van der Waals surface area (Å²) in [7, 11) is 0. The van der Waals surface area contributed by atoms with Gasteiger partial charge in [-0.25, -0.2) is 0 Å². The molecule has 0 aliphatic heterocycles. The first-order valence-corrected chi connectivity index (χ1v) is 4.80. The highest BCUT2D eigenvalue weighted by atomic mass is 16.2. The van der Waals surface area contributed by atoms with Crippen LogP contribution in [-0.4, -0.2) is 11.6 Å². The first kappa shape index (κ1) is 10.2. The van der Waals surface area contributed by atoms with Crippen LogP contribution >= 0.6 is 0 Å². The number of Topliss-reactive ketones (excluding diaryl/α,β-unsaturated/α-hetero) is 2. The predicted octanol–water partition coefficient (Wildman–Crippen LogP) is 2.28. The van der Waals surface area contributed by atoms with Gasteiger partial charge in [0.1, 0.15) is 11.6 Å². The number of ketones is 2. The zero-order chi connectivity index (χ0) is 9.84. The fourth-order valence-electron chi connectivity index (χ4n) is 1.58. The van der Waals surface area contributed by atoms with Gasteiger partial charge in [0, 0.05) is 12.8 Å². The average molecular weight is 180 g/mol. The number of carbonyl (C=O) groups is 2. The van der Waals surface area contributed by atoms with Crippen LogP contribution in [0.3, 0.4) is 0 Å². The molecule has 0 bridgehead atoms. The van der Waals surface area contributed by atoms with Gasteiger partial charge in [0.05, 0.1) is 5.92 Å². The third kappa shape index (κ3) is 2.79. The van der Waals surface area contributed by atoms with E-state index >= 15 is 0 Å². The molecule has 1 rings (SSSR count). The van der Waals surface area contributed by atoms with Crippen LogP contribution < -0.4 is 0 Å². The summed E-state index contributed by atoms with van der Waals surface area (Å²) in [4.78, 5) is 22.7. The van der Waals surface area contributed by atoms with E-state index in [1.165, 1.54) is 5.57 Å². The zero-order valence-electron chi connectivity index (χ0n) is 8.30. The van der Waals surface area contributed by atoms with Gasteiger partial charge in [0.2, 0.25) is 0 Å². The van der Waals surface area contributed by atoms with Gasteiger partial charge in [0.25, 0.3) is 0 Å². The molecule has 0 unspecified atom stereocenters. The van der Waals surface area contributed by atoms with E-state index in [0.29, 0.717) is 19.3 Å². The lowest BCUT2D eigenvalue weighted by molar-refractivity contribution is -0.135. The highest BCUT2D eigenvalue weighted by molar-refractivity contribution is 6.04. The molecule has 1 aliphatic rings. The van der Waals surface area contributed by atoms with Crippen molar-refractivity contribution in [3.63, 3.8) is 0 Å². The largest absolute Gasteiger partial charge is 0.299 e. The van der Waals surface area contributed by atoms with Crippen molar-refractivity contribution in [2.45, 2.75) is 39.5 Å². The molecule has 0 amide bonds. The van der Waals surface area contributed by atoms with Gasteiger partial charge in [-0.3, -0.25) is 9.59 Å². The van der Waals surface area contributed by atoms with Crippen LogP contribution in [0.25, 0.3) is 0 Å². The number of hydrogen-bond acceptors (Lipinski definition) is 2. The van der Waals surface area contributed by atoms with Crippen LogP contribution in [0.15, 0.2) is 11.6 Å². The molecule has 2 heteroatoms. The highest BCUT2D eigenvalue weighted by Crippen LogP contribution is 2.21. The van der Waals surface area contributed by atoms with Crippen molar-refractivity contribution in [2.75, 3.05) is 0 Å².